The molecule has 1 fully saturated rings. The third-order valence-electron chi connectivity index (χ3n) is 3.09. The van der Waals surface area contributed by atoms with Crippen molar-refractivity contribution in [3.05, 3.63) is 28.8 Å². The standard InChI is InChI=1S/C12H14ClNO4S/c13-10-8-9(12(15)16)2-3-11(10)14-4-1-6-19(17,18)7-5-14/h2-3,8H,1,4-7H2,(H,15,16). The molecule has 0 bridgehead atoms. The number of carbonyl (C=O) groups is 1. The fourth-order valence-corrected chi connectivity index (χ4v) is 3.65. The lowest BCUT2D eigenvalue weighted by Gasteiger charge is -2.23. The second-order valence-corrected chi connectivity index (χ2v) is 7.17. The second kappa shape index (κ2) is 5.38. The van der Waals surface area contributed by atoms with Crippen molar-refractivity contribution in [1.82, 2.24) is 0 Å². The predicted octanol–water partition coefficient (Wildman–Crippen LogP) is 1.66. The van der Waals surface area contributed by atoms with Crippen molar-refractivity contribution in [2.75, 3.05) is 29.5 Å². The second-order valence-electron chi connectivity index (χ2n) is 4.46. The molecule has 0 saturated carbocycles. The number of aromatic carboxylic acids is 1. The minimum Gasteiger partial charge on any atom is -0.478 e. The molecule has 1 aliphatic rings. The van der Waals surface area contributed by atoms with E-state index in [-0.39, 0.29) is 17.1 Å². The van der Waals surface area contributed by atoms with Crippen LogP contribution in [0.15, 0.2) is 18.2 Å². The Morgan fingerprint density at radius 1 is 1.26 bits per heavy atom. The highest BCUT2D eigenvalue weighted by Gasteiger charge is 2.21. The molecule has 7 heteroatoms. The van der Waals surface area contributed by atoms with Crippen LogP contribution in [0.1, 0.15) is 16.8 Å². The number of anilines is 1. The average molecular weight is 304 g/mol. The van der Waals surface area contributed by atoms with Crippen molar-refractivity contribution < 1.29 is 18.3 Å². The molecular weight excluding hydrogens is 290 g/mol. The summed E-state index contributed by atoms with van der Waals surface area (Å²) in [5.74, 6) is -0.745. The zero-order chi connectivity index (χ0) is 14.0. The van der Waals surface area contributed by atoms with Crippen LogP contribution in [0.5, 0.6) is 0 Å². The van der Waals surface area contributed by atoms with Crippen LogP contribution in [0.3, 0.4) is 0 Å². The van der Waals surface area contributed by atoms with Gasteiger partial charge in [-0.1, -0.05) is 11.6 Å². The van der Waals surface area contributed by atoms with Gasteiger partial charge in [0.1, 0.15) is 0 Å². The van der Waals surface area contributed by atoms with Gasteiger partial charge < -0.3 is 10.0 Å². The summed E-state index contributed by atoms with van der Waals surface area (Å²) in [5, 5.41) is 9.21. The number of carboxylic acids is 1. The molecule has 19 heavy (non-hydrogen) atoms. The highest BCUT2D eigenvalue weighted by Crippen LogP contribution is 2.28. The average Bonchev–Trinajstić information content (AvgIpc) is 2.50. The molecular formula is C12H14ClNO4S. The minimum absolute atomic E-state index is 0.101. The van der Waals surface area contributed by atoms with E-state index in [0.29, 0.717) is 30.2 Å². The van der Waals surface area contributed by atoms with Gasteiger partial charge in [0, 0.05) is 13.1 Å². The Hall–Kier alpha value is -1.27. The van der Waals surface area contributed by atoms with Crippen molar-refractivity contribution in [1.29, 1.82) is 0 Å². The zero-order valence-electron chi connectivity index (χ0n) is 10.2. The molecule has 0 aliphatic carbocycles. The van der Waals surface area contributed by atoms with Crippen molar-refractivity contribution in [2.24, 2.45) is 0 Å². The van der Waals surface area contributed by atoms with E-state index in [1.165, 1.54) is 12.1 Å². The number of carboxylic acid groups (broad SMARTS) is 1. The molecule has 1 N–H and O–H groups in total. The summed E-state index contributed by atoms with van der Waals surface area (Å²) in [5.41, 5.74) is 0.806. The molecule has 2 rings (SSSR count). The number of sulfone groups is 1. The smallest absolute Gasteiger partial charge is 0.335 e. The fraction of sp³-hybridized carbons (Fsp3) is 0.417. The van der Waals surface area contributed by atoms with Crippen LogP contribution in [-0.4, -0.2) is 44.1 Å². The Bertz CT molecular complexity index is 600. The van der Waals surface area contributed by atoms with Gasteiger partial charge in [-0.2, -0.15) is 0 Å². The van der Waals surface area contributed by atoms with Gasteiger partial charge in [-0.25, -0.2) is 13.2 Å². The van der Waals surface area contributed by atoms with Gasteiger partial charge in [0.05, 0.1) is 27.8 Å². The molecule has 0 aromatic heterocycles. The number of rotatable bonds is 2. The van der Waals surface area contributed by atoms with E-state index in [0.717, 1.165) is 0 Å². The van der Waals surface area contributed by atoms with Gasteiger partial charge in [0.25, 0.3) is 0 Å². The topological polar surface area (TPSA) is 74.7 Å². The SMILES string of the molecule is O=C(O)c1ccc(N2CCCS(=O)(=O)CC2)c(Cl)c1. The monoisotopic (exact) mass is 303 g/mol. The van der Waals surface area contributed by atoms with Crippen molar-refractivity contribution in [3.8, 4) is 0 Å². The van der Waals surface area contributed by atoms with Crippen molar-refractivity contribution in [2.45, 2.75) is 6.42 Å². The van der Waals surface area contributed by atoms with Gasteiger partial charge >= 0.3 is 5.97 Å². The van der Waals surface area contributed by atoms with E-state index in [1.54, 1.807) is 6.07 Å². The van der Waals surface area contributed by atoms with E-state index in [1.807, 2.05) is 4.90 Å². The number of hydrogen-bond donors (Lipinski definition) is 1. The van der Waals surface area contributed by atoms with Crippen LogP contribution in [-0.2, 0) is 9.84 Å². The number of nitrogens with zero attached hydrogens (tertiary/aromatic N) is 1. The number of benzene rings is 1. The lowest BCUT2D eigenvalue weighted by atomic mass is 10.2. The summed E-state index contributed by atoms with van der Waals surface area (Å²) in [6, 6.07) is 4.49. The molecule has 1 aromatic rings. The molecule has 0 radical (unpaired) electrons. The molecule has 1 aliphatic heterocycles. The zero-order valence-corrected chi connectivity index (χ0v) is 11.7. The van der Waals surface area contributed by atoms with Crippen molar-refractivity contribution in [3.63, 3.8) is 0 Å². The lowest BCUT2D eigenvalue weighted by Crippen LogP contribution is -2.27. The molecule has 104 valence electrons. The van der Waals surface area contributed by atoms with E-state index < -0.39 is 15.8 Å². The quantitative estimate of drug-likeness (QED) is 0.899. The van der Waals surface area contributed by atoms with Crippen molar-refractivity contribution >= 4 is 33.1 Å². The summed E-state index contributed by atoms with van der Waals surface area (Å²) in [7, 11) is -2.97. The first-order chi connectivity index (χ1) is 8.89. The Balaban J connectivity index is 2.25. The van der Waals surface area contributed by atoms with Crippen LogP contribution in [0.4, 0.5) is 5.69 Å². The Morgan fingerprint density at radius 3 is 2.63 bits per heavy atom. The maximum absolute atomic E-state index is 11.5. The normalized spacial score (nSPS) is 18.9. The molecule has 0 unspecified atom stereocenters. The summed E-state index contributed by atoms with van der Waals surface area (Å²) in [6.07, 6.45) is 0.555. The fourth-order valence-electron chi connectivity index (χ4n) is 2.08. The number of halogens is 1. The maximum atomic E-state index is 11.5. The third kappa shape index (κ3) is 3.39. The Labute approximate surface area is 116 Å². The number of hydrogen-bond acceptors (Lipinski definition) is 4. The molecule has 1 aromatic carbocycles. The van der Waals surface area contributed by atoms with Crippen LogP contribution in [0, 0.1) is 0 Å². The summed E-state index contributed by atoms with van der Waals surface area (Å²) in [4.78, 5) is 12.7. The predicted molar refractivity (Wildman–Crippen MR) is 73.9 cm³/mol. The first kappa shape index (κ1) is 14.1. The Kier molecular flexibility index (Phi) is 4.01. The third-order valence-corrected chi connectivity index (χ3v) is 5.11. The van der Waals surface area contributed by atoms with Gasteiger partial charge in [-0.15, -0.1) is 0 Å². The van der Waals surface area contributed by atoms with Crippen LogP contribution in [0.25, 0.3) is 0 Å². The van der Waals surface area contributed by atoms with Crippen LogP contribution >= 0.6 is 11.6 Å². The largest absolute Gasteiger partial charge is 0.478 e. The van der Waals surface area contributed by atoms with Crippen LogP contribution in [0.2, 0.25) is 5.02 Å². The van der Waals surface area contributed by atoms with E-state index in [9.17, 15) is 13.2 Å². The summed E-state index contributed by atoms with van der Waals surface area (Å²) >= 11 is 6.08. The highest BCUT2D eigenvalue weighted by molar-refractivity contribution is 7.91. The molecule has 5 nitrogen and oxygen atoms in total. The maximum Gasteiger partial charge on any atom is 0.335 e. The highest BCUT2D eigenvalue weighted by atomic mass is 35.5. The van der Waals surface area contributed by atoms with E-state index >= 15 is 0 Å². The van der Waals surface area contributed by atoms with Gasteiger partial charge in [-0.3, -0.25) is 0 Å². The van der Waals surface area contributed by atoms with E-state index in [2.05, 4.69) is 0 Å². The van der Waals surface area contributed by atoms with Gasteiger partial charge in [-0.05, 0) is 24.6 Å². The first-order valence-corrected chi connectivity index (χ1v) is 8.07. The summed E-state index contributed by atoms with van der Waals surface area (Å²) in [6.45, 7) is 0.986. The molecule has 0 spiro atoms. The Morgan fingerprint density at radius 2 is 2.00 bits per heavy atom. The summed E-state index contributed by atoms with van der Waals surface area (Å²) < 4.78 is 23.1. The van der Waals surface area contributed by atoms with Gasteiger partial charge in [0.15, 0.2) is 9.84 Å². The lowest BCUT2D eigenvalue weighted by molar-refractivity contribution is 0.0697. The molecule has 0 amide bonds. The molecule has 1 heterocycles. The van der Waals surface area contributed by atoms with Gasteiger partial charge in [0.2, 0.25) is 0 Å². The molecule has 1 saturated heterocycles. The minimum atomic E-state index is -2.97. The first-order valence-electron chi connectivity index (χ1n) is 5.87. The molecule has 0 atom stereocenters. The van der Waals surface area contributed by atoms with Crippen LogP contribution < -0.4 is 4.90 Å². The van der Waals surface area contributed by atoms with E-state index in [4.69, 9.17) is 16.7 Å².